The average Bonchev–Trinajstić information content (AvgIpc) is 3.00. The predicted octanol–water partition coefficient (Wildman–Crippen LogP) is 2.71. The summed E-state index contributed by atoms with van der Waals surface area (Å²) >= 11 is 8.17. The Bertz CT molecular complexity index is 1200. The molecule has 1 spiro atoms. The first-order valence-corrected chi connectivity index (χ1v) is 12.5. The molecule has 2 aliphatic rings. The molecule has 0 radical (unpaired) electrons. The molecule has 5 rings (SSSR count). The van der Waals surface area contributed by atoms with Crippen LogP contribution in [-0.4, -0.2) is 33.5 Å². The smallest absolute Gasteiger partial charge is 0.506 e. The molecule has 0 aromatic heterocycles. The van der Waals surface area contributed by atoms with Gasteiger partial charge in [0.05, 0.1) is 31.0 Å². The zero-order chi connectivity index (χ0) is 20.7. The number of benzene rings is 3. The van der Waals surface area contributed by atoms with Gasteiger partial charge in [0.1, 0.15) is 11.5 Å². The van der Waals surface area contributed by atoms with Gasteiger partial charge in [-0.3, -0.25) is 0 Å². The maximum absolute atomic E-state index is 12.9. The molecular formula is C20H8AlI4NaO5+4. The molecule has 0 aliphatic carbocycles. The van der Waals surface area contributed by atoms with Crippen molar-refractivity contribution in [3.63, 3.8) is 0 Å². The van der Waals surface area contributed by atoms with E-state index in [0.29, 0.717) is 48.0 Å². The molecule has 0 unspecified atom stereocenters. The van der Waals surface area contributed by atoms with Crippen molar-refractivity contribution in [2.24, 2.45) is 0 Å². The molecule has 3 aromatic rings. The Balaban J connectivity index is 0.00000136. The number of rotatable bonds is 0. The number of hydrogen-bond acceptors (Lipinski definition) is 5. The van der Waals surface area contributed by atoms with Crippen molar-refractivity contribution in [1.29, 1.82) is 0 Å². The van der Waals surface area contributed by atoms with Crippen LogP contribution in [0.15, 0.2) is 36.4 Å². The monoisotopic (exact) mass is 886 g/mol. The molecule has 2 aliphatic heterocycles. The summed E-state index contributed by atoms with van der Waals surface area (Å²) in [7, 11) is 0. The predicted molar refractivity (Wildman–Crippen MR) is 145 cm³/mol. The molecule has 146 valence electrons. The van der Waals surface area contributed by atoms with Gasteiger partial charge in [0, 0.05) is 5.56 Å². The number of phenolic OH excluding ortho intramolecular Hbond substituents is 2. The quantitative estimate of drug-likeness (QED) is 0.207. The number of aromatic hydroxyl groups is 2. The summed E-state index contributed by atoms with van der Waals surface area (Å²) in [6.45, 7) is 0. The first kappa shape index (κ1) is 26.6. The van der Waals surface area contributed by atoms with Crippen molar-refractivity contribution in [3.8, 4) is 23.0 Å². The summed E-state index contributed by atoms with van der Waals surface area (Å²) in [4.78, 5) is 12.9. The fourth-order valence-corrected chi connectivity index (χ4v) is 7.35. The molecule has 5 nitrogen and oxygen atoms in total. The largest absolute Gasteiger partial charge is 3.00 e. The SMILES string of the molecule is O=C1OC2(c3ccccc31)c1cc(I)c(O)c(I)c1Oc1c2cc(I)c(O)c1I.[Al+3].[Na+]. The third-order valence-electron chi connectivity index (χ3n) is 5.03. The van der Waals surface area contributed by atoms with E-state index in [1.54, 1.807) is 24.3 Å². The summed E-state index contributed by atoms with van der Waals surface area (Å²) in [5, 5.41) is 21.0. The van der Waals surface area contributed by atoms with Gasteiger partial charge in [0.15, 0.2) is 17.1 Å². The van der Waals surface area contributed by atoms with Crippen LogP contribution >= 0.6 is 90.4 Å². The second-order valence-electron chi connectivity index (χ2n) is 6.51. The molecule has 2 heterocycles. The standard InChI is InChI=1S/C20H8I4O5.Al.Na/c21-11-5-9-17(13(23)15(11)25)28-18-10(6-12(22)16(26)14(18)24)20(9)8-4-2-1-3-7(8)19(27)29-20;;/h1-6,25-26H;;/q;+3;+1. The summed E-state index contributed by atoms with van der Waals surface area (Å²) < 4.78 is 14.6. The Morgan fingerprint density at radius 3 is 1.81 bits per heavy atom. The van der Waals surface area contributed by atoms with Crippen LogP contribution in [0.1, 0.15) is 27.0 Å². The van der Waals surface area contributed by atoms with Crippen molar-refractivity contribution >= 4 is 114 Å². The van der Waals surface area contributed by atoms with Gasteiger partial charge in [0.2, 0.25) is 0 Å². The number of fused-ring (bicyclic) bond motifs is 6. The van der Waals surface area contributed by atoms with E-state index in [2.05, 4.69) is 45.2 Å². The van der Waals surface area contributed by atoms with E-state index in [1.807, 2.05) is 57.3 Å². The molecule has 3 aromatic carbocycles. The van der Waals surface area contributed by atoms with Crippen LogP contribution in [-0.2, 0) is 10.3 Å². The molecule has 2 N–H and O–H groups in total. The van der Waals surface area contributed by atoms with Crippen LogP contribution in [0.4, 0.5) is 0 Å². The van der Waals surface area contributed by atoms with Gasteiger partial charge >= 0.3 is 52.9 Å². The summed E-state index contributed by atoms with van der Waals surface area (Å²) in [6, 6.07) is 10.9. The van der Waals surface area contributed by atoms with Gasteiger partial charge in [-0.25, -0.2) is 4.79 Å². The second kappa shape index (κ2) is 9.56. The number of ether oxygens (including phenoxy) is 2. The zero-order valence-corrected chi connectivity index (χ0v) is 27.5. The van der Waals surface area contributed by atoms with Crippen molar-refractivity contribution < 1.29 is 54.0 Å². The van der Waals surface area contributed by atoms with Crippen molar-refractivity contribution in [2.75, 3.05) is 0 Å². The third kappa shape index (κ3) is 3.78. The average molecular weight is 886 g/mol. The molecular weight excluding hydrogens is 878 g/mol. The second-order valence-corrected chi connectivity index (χ2v) is 11.0. The molecule has 0 fully saturated rings. The van der Waals surface area contributed by atoms with Gasteiger partial charge in [-0.15, -0.1) is 0 Å². The van der Waals surface area contributed by atoms with Crippen LogP contribution in [0.5, 0.6) is 23.0 Å². The minimum Gasteiger partial charge on any atom is -0.506 e. The van der Waals surface area contributed by atoms with Crippen molar-refractivity contribution in [2.45, 2.75) is 5.60 Å². The molecule has 0 atom stereocenters. The topological polar surface area (TPSA) is 76.0 Å². The number of carbonyl (C=O) groups excluding carboxylic acids is 1. The van der Waals surface area contributed by atoms with Gasteiger partial charge in [0.25, 0.3) is 0 Å². The summed E-state index contributed by atoms with van der Waals surface area (Å²) in [6.07, 6.45) is 0. The third-order valence-corrected chi connectivity index (χ3v) is 8.68. The normalized spacial score (nSPS) is 14.4. The van der Waals surface area contributed by atoms with E-state index in [1.165, 1.54) is 0 Å². The Kier molecular flexibility index (Phi) is 8.20. The van der Waals surface area contributed by atoms with Crippen LogP contribution in [0.2, 0.25) is 0 Å². The number of hydrogen-bond donors (Lipinski definition) is 2. The summed E-state index contributed by atoms with van der Waals surface area (Å²) in [5.41, 5.74) is 1.27. The van der Waals surface area contributed by atoms with E-state index in [4.69, 9.17) is 9.47 Å². The van der Waals surface area contributed by atoms with Crippen molar-refractivity contribution in [3.05, 3.63) is 72.9 Å². The number of esters is 1. The molecule has 0 saturated heterocycles. The molecule has 0 amide bonds. The van der Waals surface area contributed by atoms with Gasteiger partial charge in [-0.1, -0.05) is 18.2 Å². The van der Waals surface area contributed by atoms with Crippen LogP contribution in [0.3, 0.4) is 0 Å². The van der Waals surface area contributed by atoms with Gasteiger partial charge in [-0.2, -0.15) is 0 Å². The Hall–Kier alpha value is 0.982. The van der Waals surface area contributed by atoms with E-state index in [9.17, 15) is 15.0 Å². The van der Waals surface area contributed by atoms with Gasteiger partial charge in [-0.05, 0) is 109 Å². The summed E-state index contributed by atoms with van der Waals surface area (Å²) in [5.74, 6) is 0.616. The Labute approximate surface area is 265 Å². The first-order valence-electron chi connectivity index (χ1n) is 8.21. The maximum Gasteiger partial charge on any atom is 3.00 e. The Morgan fingerprint density at radius 2 is 1.29 bits per heavy atom. The number of phenols is 2. The number of carbonyl (C=O) groups is 1. The van der Waals surface area contributed by atoms with Crippen LogP contribution < -0.4 is 34.3 Å². The van der Waals surface area contributed by atoms with Gasteiger partial charge < -0.3 is 19.7 Å². The molecule has 0 saturated carbocycles. The fourth-order valence-electron chi connectivity index (χ4n) is 3.77. The van der Waals surface area contributed by atoms with E-state index < -0.39 is 11.6 Å². The zero-order valence-electron chi connectivity index (χ0n) is 15.7. The molecule has 11 heteroatoms. The Morgan fingerprint density at radius 1 is 0.806 bits per heavy atom. The van der Waals surface area contributed by atoms with Crippen LogP contribution in [0, 0.1) is 14.3 Å². The number of halogens is 4. The van der Waals surface area contributed by atoms with Crippen molar-refractivity contribution in [1.82, 2.24) is 0 Å². The first-order chi connectivity index (χ1) is 13.8. The molecule has 31 heavy (non-hydrogen) atoms. The van der Waals surface area contributed by atoms with E-state index >= 15 is 0 Å². The minimum atomic E-state index is -1.22. The molecule has 0 bridgehead atoms. The van der Waals surface area contributed by atoms with Crippen LogP contribution in [0.25, 0.3) is 0 Å². The van der Waals surface area contributed by atoms with E-state index in [0.717, 1.165) is 0 Å². The van der Waals surface area contributed by atoms with E-state index in [-0.39, 0.29) is 58.4 Å². The maximum atomic E-state index is 12.9. The fraction of sp³-hybridized carbons (Fsp3) is 0.0500. The minimum absolute atomic E-state index is 0.